The zero-order valence-corrected chi connectivity index (χ0v) is 7.86. The van der Waals surface area contributed by atoms with Crippen LogP contribution in [0.3, 0.4) is 0 Å². The highest BCUT2D eigenvalue weighted by atomic mass is 19.4. The maximum absolute atomic E-state index is 11.6. The van der Waals surface area contributed by atoms with E-state index in [2.05, 4.69) is 9.94 Å². The molecule has 0 aromatic heterocycles. The number of benzene rings is 1. The van der Waals surface area contributed by atoms with E-state index in [1.54, 1.807) is 35.9 Å². The second-order valence-corrected chi connectivity index (χ2v) is 2.65. The Labute approximate surface area is 88.7 Å². The Kier molecular flexibility index (Phi) is 3.87. The molecule has 7 heteroatoms. The van der Waals surface area contributed by atoms with Crippen LogP contribution in [-0.4, -0.2) is 18.4 Å². The molecule has 86 valence electrons. The Balaban J connectivity index is 2.37. The number of carbonyl (C=O) groups excluding carboxylic acids is 1. The van der Waals surface area contributed by atoms with Crippen molar-refractivity contribution in [1.82, 2.24) is 5.59 Å². The summed E-state index contributed by atoms with van der Waals surface area (Å²) in [7, 11) is 0. The first-order valence-electron chi connectivity index (χ1n) is 4.11. The minimum atomic E-state index is -5.03. The van der Waals surface area contributed by atoms with E-state index in [9.17, 15) is 18.0 Å². The molecule has 0 atom stereocenters. The molecule has 0 aliphatic heterocycles. The van der Waals surface area contributed by atoms with Crippen LogP contribution in [0, 0.1) is 0 Å². The highest BCUT2D eigenvalue weighted by Gasteiger charge is 2.41. The summed E-state index contributed by atoms with van der Waals surface area (Å²) in [5.41, 5.74) is 2.19. The minimum absolute atomic E-state index is 0.651. The van der Waals surface area contributed by atoms with Crippen molar-refractivity contribution < 1.29 is 22.8 Å². The van der Waals surface area contributed by atoms with Crippen LogP contribution in [0.15, 0.2) is 35.4 Å². The van der Waals surface area contributed by atoms with Gasteiger partial charge in [0.2, 0.25) is 0 Å². The number of hydrazone groups is 1. The molecule has 0 spiro atoms. The predicted molar refractivity (Wildman–Crippen MR) is 49.3 cm³/mol. The van der Waals surface area contributed by atoms with Gasteiger partial charge in [-0.3, -0.25) is 0 Å². The summed E-state index contributed by atoms with van der Waals surface area (Å²) in [4.78, 5) is 13.8. The van der Waals surface area contributed by atoms with Crippen LogP contribution in [0.25, 0.3) is 0 Å². The third-order valence-electron chi connectivity index (χ3n) is 1.44. The van der Waals surface area contributed by atoms with Crippen molar-refractivity contribution in [2.24, 2.45) is 5.10 Å². The Morgan fingerprint density at radius 2 is 1.94 bits per heavy atom. The van der Waals surface area contributed by atoms with E-state index in [-0.39, 0.29) is 0 Å². The van der Waals surface area contributed by atoms with Crippen molar-refractivity contribution in [2.75, 3.05) is 0 Å². The maximum atomic E-state index is 11.6. The number of hydrogen-bond acceptors (Lipinski definition) is 4. The van der Waals surface area contributed by atoms with Crippen LogP contribution in [-0.2, 0) is 9.63 Å². The molecule has 0 heterocycles. The largest absolute Gasteiger partial charge is 0.493 e. The number of hydrogen-bond donors (Lipinski definition) is 1. The average Bonchev–Trinajstić information content (AvgIpc) is 2.24. The van der Waals surface area contributed by atoms with Gasteiger partial charge in [-0.05, 0) is 5.56 Å². The monoisotopic (exact) mass is 232 g/mol. The average molecular weight is 232 g/mol. The SMILES string of the molecule is O=C(ON/N=C/c1ccccc1)C(F)(F)F. The molecule has 0 unspecified atom stereocenters. The van der Waals surface area contributed by atoms with E-state index in [1.807, 2.05) is 0 Å². The standard InChI is InChI=1S/C9H7F3N2O2/c10-9(11,12)8(15)16-14-13-6-7-4-2-1-3-5-7/h1-6,14H/b13-6+. The van der Waals surface area contributed by atoms with Gasteiger partial charge in [0.1, 0.15) is 0 Å². The molecule has 0 aliphatic carbocycles. The Morgan fingerprint density at radius 3 is 2.50 bits per heavy atom. The van der Waals surface area contributed by atoms with Gasteiger partial charge >= 0.3 is 12.1 Å². The number of carbonyl (C=O) groups is 1. The van der Waals surface area contributed by atoms with Crippen LogP contribution in [0.4, 0.5) is 13.2 Å². The molecule has 0 fully saturated rings. The van der Waals surface area contributed by atoms with Crippen LogP contribution in [0.5, 0.6) is 0 Å². The Hall–Kier alpha value is -2.05. The van der Waals surface area contributed by atoms with E-state index in [1.165, 1.54) is 6.21 Å². The minimum Gasteiger partial charge on any atom is -0.317 e. The van der Waals surface area contributed by atoms with Gasteiger partial charge < -0.3 is 4.84 Å². The van der Waals surface area contributed by atoms with Crippen molar-refractivity contribution in [1.29, 1.82) is 0 Å². The number of rotatable bonds is 3. The summed E-state index contributed by atoms with van der Waals surface area (Å²) < 4.78 is 34.9. The van der Waals surface area contributed by atoms with Gasteiger partial charge in [0.05, 0.1) is 6.21 Å². The summed E-state index contributed by atoms with van der Waals surface area (Å²) in [6.45, 7) is 0. The van der Waals surface area contributed by atoms with Crippen molar-refractivity contribution in [3.63, 3.8) is 0 Å². The van der Waals surface area contributed by atoms with Gasteiger partial charge in [0.25, 0.3) is 0 Å². The van der Waals surface area contributed by atoms with Crippen LogP contribution in [0.2, 0.25) is 0 Å². The lowest BCUT2D eigenvalue weighted by atomic mass is 10.2. The second kappa shape index (κ2) is 5.15. The summed E-state index contributed by atoms with van der Waals surface area (Å²) in [5.74, 6) is -2.35. The Bertz CT molecular complexity index is 376. The molecular weight excluding hydrogens is 225 g/mol. The van der Waals surface area contributed by atoms with Crippen LogP contribution in [0.1, 0.15) is 5.56 Å². The highest BCUT2D eigenvalue weighted by Crippen LogP contribution is 2.15. The fraction of sp³-hybridized carbons (Fsp3) is 0.111. The molecule has 0 amide bonds. The van der Waals surface area contributed by atoms with E-state index in [0.29, 0.717) is 5.56 Å². The summed E-state index contributed by atoms with van der Waals surface area (Å²) in [5, 5.41) is 3.28. The Morgan fingerprint density at radius 1 is 1.31 bits per heavy atom. The smallest absolute Gasteiger partial charge is 0.317 e. The molecule has 1 aromatic carbocycles. The van der Waals surface area contributed by atoms with Crippen molar-refractivity contribution >= 4 is 12.2 Å². The number of nitrogens with one attached hydrogen (secondary N) is 1. The summed E-state index contributed by atoms with van der Waals surface area (Å²) in [6.07, 6.45) is -3.82. The van der Waals surface area contributed by atoms with Gasteiger partial charge in [0.15, 0.2) is 0 Å². The fourth-order valence-corrected chi connectivity index (χ4v) is 0.766. The summed E-state index contributed by atoms with van der Waals surface area (Å²) >= 11 is 0. The zero-order chi connectivity index (χ0) is 12.0. The predicted octanol–water partition coefficient (Wildman–Crippen LogP) is 1.63. The molecule has 0 radical (unpaired) electrons. The number of halogens is 3. The second-order valence-electron chi connectivity index (χ2n) is 2.65. The topological polar surface area (TPSA) is 50.7 Å². The van der Waals surface area contributed by atoms with Gasteiger partial charge in [-0.15, -0.1) is 5.59 Å². The molecule has 1 rings (SSSR count). The quantitative estimate of drug-likeness (QED) is 0.636. The first-order valence-corrected chi connectivity index (χ1v) is 4.11. The maximum Gasteiger partial charge on any atom is 0.493 e. The molecule has 4 nitrogen and oxygen atoms in total. The highest BCUT2D eigenvalue weighted by molar-refractivity contribution is 5.79. The number of nitrogens with zero attached hydrogens (tertiary/aromatic N) is 1. The van der Waals surface area contributed by atoms with Crippen molar-refractivity contribution in [3.05, 3.63) is 35.9 Å². The zero-order valence-electron chi connectivity index (χ0n) is 7.86. The molecule has 0 saturated carbocycles. The molecule has 1 aromatic rings. The van der Waals surface area contributed by atoms with Gasteiger partial charge in [-0.25, -0.2) is 4.79 Å². The fourth-order valence-electron chi connectivity index (χ4n) is 0.766. The molecular formula is C9H7F3N2O2. The molecule has 1 N–H and O–H groups in total. The lowest BCUT2D eigenvalue weighted by Crippen LogP contribution is -2.29. The molecule has 16 heavy (non-hydrogen) atoms. The van der Waals surface area contributed by atoms with Gasteiger partial charge in [0, 0.05) is 0 Å². The molecule has 0 saturated heterocycles. The first kappa shape index (κ1) is 12.0. The normalized spacial score (nSPS) is 11.4. The first-order chi connectivity index (χ1) is 7.50. The van der Waals surface area contributed by atoms with E-state index in [0.717, 1.165) is 0 Å². The third-order valence-corrected chi connectivity index (χ3v) is 1.44. The van der Waals surface area contributed by atoms with Crippen molar-refractivity contribution in [2.45, 2.75) is 6.18 Å². The van der Waals surface area contributed by atoms with E-state index < -0.39 is 12.1 Å². The van der Waals surface area contributed by atoms with E-state index in [4.69, 9.17) is 0 Å². The third kappa shape index (κ3) is 3.99. The molecule has 0 bridgehead atoms. The lowest BCUT2D eigenvalue weighted by Gasteiger charge is -2.03. The summed E-state index contributed by atoms with van der Waals surface area (Å²) in [6, 6.07) is 8.58. The lowest BCUT2D eigenvalue weighted by molar-refractivity contribution is -0.206. The number of alkyl halides is 3. The van der Waals surface area contributed by atoms with Crippen LogP contribution >= 0.6 is 0 Å². The van der Waals surface area contributed by atoms with Crippen LogP contribution < -0.4 is 5.59 Å². The van der Waals surface area contributed by atoms with Gasteiger partial charge in [-0.1, -0.05) is 30.3 Å². The molecule has 0 aliphatic rings. The van der Waals surface area contributed by atoms with Gasteiger partial charge in [-0.2, -0.15) is 18.3 Å². The van der Waals surface area contributed by atoms with Crippen molar-refractivity contribution in [3.8, 4) is 0 Å². The van der Waals surface area contributed by atoms with E-state index >= 15 is 0 Å².